The van der Waals surface area contributed by atoms with E-state index in [1.54, 1.807) is 0 Å². The van der Waals surface area contributed by atoms with E-state index in [0.29, 0.717) is 6.04 Å². The number of hydrogen-bond acceptors (Lipinski definition) is 1. The molecule has 1 aromatic carbocycles. The number of hydrogen-bond donors (Lipinski definition) is 1. The van der Waals surface area contributed by atoms with Crippen molar-refractivity contribution in [2.24, 2.45) is 17.8 Å². The maximum absolute atomic E-state index is 3.57. The summed E-state index contributed by atoms with van der Waals surface area (Å²) in [5.74, 6) is 3.20. The molecule has 0 bridgehead atoms. The molecule has 1 N–H and O–H groups in total. The Balaban J connectivity index is 1.96. The molecule has 4 unspecified atom stereocenters. The molecule has 0 aliphatic heterocycles. The molecule has 18 heavy (non-hydrogen) atoms. The lowest BCUT2D eigenvalue weighted by Crippen LogP contribution is -2.35. The molecule has 0 saturated heterocycles. The van der Waals surface area contributed by atoms with Crippen LogP contribution in [0, 0.1) is 17.8 Å². The Kier molecular flexibility index (Phi) is 4.45. The SMILES string of the molecule is CNC(C(C)CC(C)C)C1CC1c1ccccc1. The lowest BCUT2D eigenvalue weighted by atomic mass is 9.88. The molecule has 1 heteroatoms. The highest BCUT2D eigenvalue weighted by atomic mass is 14.9. The predicted octanol–water partition coefficient (Wildman–Crippen LogP) is 4.06. The second kappa shape index (κ2) is 5.88. The van der Waals surface area contributed by atoms with E-state index in [0.717, 1.165) is 23.7 Å². The molecule has 0 heterocycles. The van der Waals surface area contributed by atoms with Gasteiger partial charge in [0.2, 0.25) is 0 Å². The van der Waals surface area contributed by atoms with Gasteiger partial charge in [0.05, 0.1) is 0 Å². The van der Waals surface area contributed by atoms with Gasteiger partial charge in [-0.15, -0.1) is 0 Å². The molecular formula is C17H27N. The molecule has 4 atom stereocenters. The molecule has 1 aliphatic carbocycles. The Morgan fingerprint density at radius 1 is 1.17 bits per heavy atom. The van der Waals surface area contributed by atoms with Gasteiger partial charge in [-0.2, -0.15) is 0 Å². The Morgan fingerprint density at radius 3 is 2.39 bits per heavy atom. The molecule has 2 rings (SSSR count). The molecular weight excluding hydrogens is 218 g/mol. The highest BCUT2D eigenvalue weighted by molar-refractivity contribution is 5.26. The Hall–Kier alpha value is -0.820. The van der Waals surface area contributed by atoms with Crippen LogP contribution in [0.2, 0.25) is 0 Å². The topological polar surface area (TPSA) is 12.0 Å². The molecule has 1 saturated carbocycles. The number of rotatable bonds is 6. The second-order valence-corrected chi connectivity index (χ2v) is 6.34. The van der Waals surface area contributed by atoms with E-state index in [4.69, 9.17) is 0 Å². The maximum Gasteiger partial charge on any atom is 0.0124 e. The lowest BCUT2D eigenvalue weighted by Gasteiger charge is -2.25. The van der Waals surface area contributed by atoms with Crippen LogP contribution in [-0.2, 0) is 0 Å². The minimum absolute atomic E-state index is 0.678. The van der Waals surface area contributed by atoms with E-state index in [2.05, 4.69) is 63.5 Å². The van der Waals surface area contributed by atoms with Gasteiger partial charge in [0.15, 0.2) is 0 Å². The van der Waals surface area contributed by atoms with Gasteiger partial charge in [-0.25, -0.2) is 0 Å². The zero-order valence-electron chi connectivity index (χ0n) is 12.2. The normalized spacial score (nSPS) is 26.1. The smallest absolute Gasteiger partial charge is 0.0124 e. The van der Waals surface area contributed by atoms with Crippen LogP contribution < -0.4 is 5.32 Å². The number of nitrogens with one attached hydrogen (secondary N) is 1. The molecule has 1 fully saturated rings. The Bertz CT molecular complexity index is 357. The van der Waals surface area contributed by atoms with Crippen molar-refractivity contribution in [3.63, 3.8) is 0 Å². The zero-order valence-corrected chi connectivity index (χ0v) is 12.2. The van der Waals surface area contributed by atoms with Gasteiger partial charge in [0.25, 0.3) is 0 Å². The molecule has 1 aromatic rings. The van der Waals surface area contributed by atoms with Gasteiger partial charge in [0, 0.05) is 6.04 Å². The fourth-order valence-electron chi connectivity index (χ4n) is 3.51. The molecule has 1 nitrogen and oxygen atoms in total. The van der Waals surface area contributed by atoms with Crippen molar-refractivity contribution < 1.29 is 0 Å². The van der Waals surface area contributed by atoms with Gasteiger partial charge in [-0.3, -0.25) is 0 Å². The van der Waals surface area contributed by atoms with Crippen LogP contribution in [0.25, 0.3) is 0 Å². The molecule has 0 aromatic heterocycles. The molecule has 0 spiro atoms. The van der Waals surface area contributed by atoms with Gasteiger partial charge < -0.3 is 5.32 Å². The fourth-order valence-corrected chi connectivity index (χ4v) is 3.51. The van der Waals surface area contributed by atoms with Crippen molar-refractivity contribution in [3.05, 3.63) is 35.9 Å². The van der Waals surface area contributed by atoms with Crippen molar-refractivity contribution in [1.29, 1.82) is 0 Å². The summed E-state index contributed by atoms with van der Waals surface area (Å²) < 4.78 is 0. The van der Waals surface area contributed by atoms with Gasteiger partial charge >= 0.3 is 0 Å². The Labute approximate surface area is 112 Å². The van der Waals surface area contributed by atoms with E-state index < -0.39 is 0 Å². The highest BCUT2D eigenvalue weighted by Gasteiger charge is 2.44. The number of benzene rings is 1. The van der Waals surface area contributed by atoms with Gasteiger partial charge in [0.1, 0.15) is 0 Å². The van der Waals surface area contributed by atoms with E-state index in [1.807, 2.05) is 0 Å². The molecule has 1 aliphatic rings. The summed E-state index contributed by atoms with van der Waals surface area (Å²) in [4.78, 5) is 0. The minimum Gasteiger partial charge on any atom is -0.316 e. The monoisotopic (exact) mass is 245 g/mol. The molecule has 0 radical (unpaired) electrons. The van der Waals surface area contributed by atoms with E-state index in [-0.39, 0.29) is 0 Å². The van der Waals surface area contributed by atoms with Crippen LogP contribution in [-0.4, -0.2) is 13.1 Å². The highest BCUT2D eigenvalue weighted by Crippen LogP contribution is 2.51. The van der Waals surface area contributed by atoms with Crippen LogP contribution in [0.15, 0.2) is 30.3 Å². The average Bonchev–Trinajstić information content (AvgIpc) is 3.10. The van der Waals surface area contributed by atoms with Crippen LogP contribution in [0.5, 0.6) is 0 Å². The summed E-state index contributed by atoms with van der Waals surface area (Å²) in [7, 11) is 2.13. The van der Waals surface area contributed by atoms with Gasteiger partial charge in [-0.1, -0.05) is 51.1 Å². The Morgan fingerprint density at radius 2 is 1.83 bits per heavy atom. The molecule has 100 valence electrons. The standard InChI is InChI=1S/C17H27N/c1-12(2)10-13(3)17(18-4)16-11-15(16)14-8-6-5-7-9-14/h5-9,12-13,15-18H,10-11H2,1-4H3. The predicted molar refractivity (Wildman–Crippen MR) is 78.8 cm³/mol. The first-order valence-electron chi connectivity index (χ1n) is 7.35. The van der Waals surface area contributed by atoms with Crippen molar-refractivity contribution in [2.45, 2.75) is 45.6 Å². The summed E-state index contributed by atoms with van der Waals surface area (Å²) >= 11 is 0. The average molecular weight is 245 g/mol. The summed E-state index contributed by atoms with van der Waals surface area (Å²) in [5, 5.41) is 3.57. The summed E-state index contributed by atoms with van der Waals surface area (Å²) in [6.07, 6.45) is 2.68. The van der Waals surface area contributed by atoms with Crippen molar-refractivity contribution in [1.82, 2.24) is 5.32 Å². The fraction of sp³-hybridized carbons (Fsp3) is 0.647. The first-order chi connectivity index (χ1) is 8.63. The maximum atomic E-state index is 3.57. The molecule has 0 amide bonds. The summed E-state index contributed by atoms with van der Waals surface area (Å²) in [6, 6.07) is 11.7. The second-order valence-electron chi connectivity index (χ2n) is 6.34. The summed E-state index contributed by atoms with van der Waals surface area (Å²) in [6.45, 7) is 7.05. The van der Waals surface area contributed by atoms with Crippen LogP contribution in [0.1, 0.15) is 45.1 Å². The third-order valence-electron chi connectivity index (χ3n) is 4.32. The minimum atomic E-state index is 0.678. The van der Waals surface area contributed by atoms with Gasteiger partial charge in [-0.05, 0) is 49.1 Å². The van der Waals surface area contributed by atoms with Crippen LogP contribution in [0.3, 0.4) is 0 Å². The van der Waals surface area contributed by atoms with Crippen molar-refractivity contribution in [3.8, 4) is 0 Å². The summed E-state index contributed by atoms with van der Waals surface area (Å²) in [5.41, 5.74) is 1.53. The third kappa shape index (κ3) is 3.14. The van der Waals surface area contributed by atoms with Crippen molar-refractivity contribution >= 4 is 0 Å². The lowest BCUT2D eigenvalue weighted by molar-refractivity contribution is 0.307. The zero-order chi connectivity index (χ0) is 13.1. The third-order valence-corrected chi connectivity index (χ3v) is 4.32. The van der Waals surface area contributed by atoms with Crippen molar-refractivity contribution in [2.75, 3.05) is 7.05 Å². The van der Waals surface area contributed by atoms with Crippen LogP contribution >= 0.6 is 0 Å². The van der Waals surface area contributed by atoms with Crippen LogP contribution in [0.4, 0.5) is 0 Å². The first-order valence-corrected chi connectivity index (χ1v) is 7.35. The van der Waals surface area contributed by atoms with E-state index >= 15 is 0 Å². The largest absolute Gasteiger partial charge is 0.316 e. The quantitative estimate of drug-likeness (QED) is 0.797. The first kappa shape index (κ1) is 13.6. The van der Waals surface area contributed by atoms with E-state index in [1.165, 1.54) is 18.4 Å². The van der Waals surface area contributed by atoms with E-state index in [9.17, 15) is 0 Å².